The van der Waals surface area contributed by atoms with Gasteiger partial charge in [-0.05, 0) is 31.9 Å². The van der Waals surface area contributed by atoms with Crippen LogP contribution >= 0.6 is 0 Å². The molecule has 0 aromatic carbocycles. The van der Waals surface area contributed by atoms with Crippen LogP contribution in [0.3, 0.4) is 0 Å². The third-order valence-electron chi connectivity index (χ3n) is 3.31. The van der Waals surface area contributed by atoms with Crippen LogP contribution in [0.2, 0.25) is 0 Å². The summed E-state index contributed by atoms with van der Waals surface area (Å²) in [6, 6.07) is 4.05. The standard InChI is InChI=1S/C12H18N2O/c1-10-12(2,5-7-15-10)14-9-11-4-3-6-13-8-11/h3-4,6,8,10,14H,5,7,9H2,1-2H3. The molecule has 1 saturated heterocycles. The lowest BCUT2D eigenvalue weighted by atomic mass is 9.94. The van der Waals surface area contributed by atoms with Gasteiger partial charge in [-0.15, -0.1) is 0 Å². The van der Waals surface area contributed by atoms with Gasteiger partial charge in [-0.1, -0.05) is 6.07 Å². The van der Waals surface area contributed by atoms with E-state index >= 15 is 0 Å². The van der Waals surface area contributed by atoms with Gasteiger partial charge in [0, 0.05) is 31.1 Å². The third-order valence-corrected chi connectivity index (χ3v) is 3.31. The summed E-state index contributed by atoms with van der Waals surface area (Å²) in [4.78, 5) is 4.10. The second-order valence-corrected chi connectivity index (χ2v) is 4.40. The molecule has 2 rings (SSSR count). The number of nitrogens with zero attached hydrogens (tertiary/aromatic N) is 1. The Morgan fingerprint density at radius 2 is 2.53 bits per heavy atom. The van der Waals surface area contributed by atoms with E-state index in [0.717, 1.165) is 19.6 Å². The molecule has 1 fully saturated rings. The van der Waals surface area contributed by atoms with Crippen molar-refractivity contribution in [2.75, 3.05) is 6.61 Å². The molecule has 0 saturated carbocycles. The van der Waals surface area contributed by atoms with Crippen LogP contribution in [-0.4, -0.2) is 23.2 Å². The van der Waals surface area contributed by atoms with Crippen LogP contribution in [0.5, 0.6) is 0 Å². The summed E-state index contributed by atoms with van der Waals surface area (Å²) >= 11 is 0. The fourth-order valence-corrected chi connectivity index (χ4v) is 1.87. The highest BCUT2D eigenvalue weighted by Gasteiger charge is 2.36. The average Bonchev–Trinajstić information content (AvgIpc) is 2.59. The van der Waals surface area contributed by atoms with Gasteiger partial charge in [0.1, 0.15) is 0 Å². The van der Waals surface area contributed by atoms with Gasteiger partial charge in [0.25, 0.3) is 0 Å². The molecule has 1 aliphatic rings. The maximum absolute atomic E-state index is 5.58. The summed E-state index contributed by atoms with van der Waals surface area (Å²) in [5, 5.41) is 3.56. The molecule has 1 aromatic heterocycles. The van der Waals surface area contributed by atoms with E-state index in [4.69, 9.17) is 4.74 Å². The predicted molar refractivity (Wildman–Crippen MR) is 59.5 cm³/mol. The Balaban J connectivity index is 1.93. The van der Waals surface area contributed by atoms with Crippen molar-refractivity contribution in [3.05, 3.63) is 30.1 Å². The van der Waals surface area contributed by atoms with Crippen LogP contribution in [0.25, 0.3) is 0 Å². The van der Waals surface area contributed by atoms with E-state index in [1.54, 1.807) is 6.20 Å². The minimum absolute atomic E-state index is 0.107. The average molecular weight is 206 g/mol. The SMILES string of the molecule is CC1OCCC1(C)NCc1cccnc1. The number of rotatable bonds is 3. The van der Waals surface area contributed by atoms with Gasteiger partial charge >= 0.3 is 0 Å². The lowest BCUT2D eigenvalue weighted by molar-refractivity contribution is 0.0881. The van der Waals surface area contributed by atoms with Gasteiger partial charge < -0.3 is 10.1 Å². The zero-order chi connectivity index (χ0) is 10.7. The van der Waals surface area contributed by atoms with Crippen molar-refractivity contribution in [1.82, 2.24) is 10.3 Å². The van der Waals surface area contributed by atoms with E-state index < -0.39 is 0 Å². The van der Waals surface area contributed by atoms with E-state index in [0.29, 0.717) is 0 Å². The molecule has 0 aliphatic carbocycles. The summed E-state index contributed by atoms with van der Waals surface area (Å²) < 4.78 is 5.58. The number of aromatic nitrogens is 1. The Kier molecular flexibility index (Phi) is 3.03. The van der Waals surface area contributed by atoms with Crippen molar-refractivity contribution in [3.8, 4) is 0 Å². The molecule has 3 nitrogen and oxygen atoms in total. The number of hydrogen-bond donors (Lipinski definition) is 1. The number of ether oxygens (including phenoxy) is 1. The normalized spacial score (nSPS) is 30.7. The third kappa shape index (κ3) is 2.36. The molecule has 0 spiro atoms. The Bertz CT molecular complexity index is 315. The highest BCUT2D eigenvalue weighted by atomic mass is 16.5. The maximum Gasteiger partial charge on any atom is 0.0726 e. The van der Waals surface area contributed by atoms with Crippen molar-refractivity contribution in [2.45, 2.75) is 38.5 Å². The van der Waals surface area contributed by atoms with Crippen molar-refractivity contribution in [3.63, 3.8) is 0 Å². The molecule has 82 valence electrons. The first kappa shape index (κ1) is 10.6. The molecule has 0 amide bonds. The van der Waals surface area contributed by atoms with E-state index in [-0.39, 0.29) is 11.6 Å². The Labute approximate surface area is 90.9 Å². The molecule has 0 radical (unpaired) electrons. The quantitative estimate of drug-likeness (QED) is 0.818. The fraction of sp³-hybridized carbons (Fsp3) is 0.583. The molecule has 1 aliphatic heterocycles. The van der Waals surface area contributed by atoms with Crippen molar-refractivity contribution in [2.24, 2.45) is 0 Å². The molecule has 15 heavy (non-hydrogen) atoms. The summed E-state index contributed by atoms with van der Waals surface area (Å²) in [5.41, 5.74) is 1.33. The van der Waals surface area contributed by atoms with E-state index in [2.05, 4.69) is 30.2 Å². The monoisotopic (exact) mass is 206 g/mol. The maximum atomic E-state index is 5.58. The lowest BCUT2D eigenvalue weighted by Crippen LogP contribution is -2.47. The molecule has 0 bridgehead atoms. The molecule has 3 heteroatoms. The van der Waals surface area contributed by atoms with Gasteiger partial charge in [0.2, 0.25) is 0 Å². The van der Waals surface area contributed by atoms with E-state index in [1.807, 2.05) is 12.3 Å². The molecule has 2 atom stereocenters. The van der Waals surface area contributed by atoms with Crippen molar-refractivity contribution in [1.29, 1.82) is 0 Å². The summed E-state index contributed by atoms with van der Waals surface area (Å²) in [6.45, 7) is 6.07. The molecule has 2 heterocycles. The fourth-order valence-electron chi connectivity index (χ4n) is 1.87. The van der Waals surface area contributed by atoms with Crippen LogP contribution in [0.1, 0.15) is 25.8 Å². The highest BCUT2D eigenvalue weighted by molar-refractivity contribution is 5.09. The molecule has 1 N–H and O–H groups in total. The predicted octanol–water partition coefficient (Wildman–Crippen LogP) is 1.74. The molecule has 2 unspecified atom stereocenters. The van der Waals surface area contributed by atoms with Crippen molar-refractivity contribution >= 4 is 0 Å². The number of hydrogen-bond acceptors (Lipinski definition) is 3. The van der Waals surface area contributed by atoms with Crippen LogP contribution in [0.4, 0.5) is 0 Å². The zero-order valence-electron chi connectivity index (χ0n) is 9.36. The first-order valence-corrected chi connectivity index (χ1v) is 5.46. The minimum Gasteiger partial charge on any atom is -0.377 e. The lowest BCUT2D eigenvalue weighted by Gasteiger charge is -2.29. The first-order chi connectivity index (χ1) is 7.21. The Hall–Kier alpha value is -0.930. The zero-order valence-corrected chi connectivity index (χ0v) is 9.36. The van der Waals surface area contributed by atoms with Gasteiger partial charge in [-0.2, -0.15) is 0 Å². The summed E-state index contributed by atoms with van der Waals surface area (Å²) in [7, 11) is 0. The first-order valence-electron chi connectivity index (χ1n) is 5.46. The van der Waals surface area contributed by atoms with E-state index in [9.17, 15) is 0 Å². The summed E-state index contributed by atoms with van der Waals surface area (Å²) in [5.74, 6) is 0. The van der Waals surface area contributed by atoms with Crippen LogP contribution < -0.4 is 5.32 Å². The number of nitrogens with one attached hydrogen (secondary N) is 1. The number of pyridine rings is 1. The highest BCUT2D eigenvalue weighted by Crippen LogP contribution is 2.25. The van der Waals surface area contributed by atoms with Gasteiger partial charge in [0.05, 0.1) is 6.10 Å². The van der Waals surface area contributed by atoms with Crippen molar-refractivity contribution < 1.29 is 4.74 Å². The summed E-state index contributed by atoms with van der Waals surface area (Å²) in [6.07, 6.45) is 5.06. The van der Waals surface area contributed by atoms with E-state index in [1.165, 1.54) is 5.56 Å². The molecule has 1 aromatic rings. The van der Waals surface area contributed by atoms with Gasteiger partial charge in [-0.25, -0.2) is 0 Å². The second-order valence-electron chi connectivity index (χ2n) is 4.40. The topological polar surface area (TPSA) is 34.1 Å². The molecular weight excluding hydrogens is 188 g/mol. The smallest absolute Gasteiger partial charge is 0.0726 e. The second kappa shape index (κ2) is 4.29. The van der Waals surface area contributed by atoms with Crippen LogP contribution in [0.15, 0.2) is 24.5 Å². The van der Waals surface area contributed by atoms with Crippen LogP contribution in [-0.2, 0) is 11.3 Å². The largest absolute Gasteiger partial charge is 0.377 e. The Morgan fingerprint density at radius 3 is 3.13 bits per heavy atom. The Morgan fingerprint density at radius 1 is 1.67 bits per heavy atom. The van der Waals surface area contributed by atoms with Gasteiger partial charge in [0.15, 0.2) is 0 Å². The molecular formula is C12H18N2O. The van der Waals surface area contributed by atoms with Crippen LogP contribution in [0, 0.1) is 0 Å². The van der Waals surface area contributed by atoms with Gasteiger partial charge in [-0.3, -0.25) is 4.98 Å². The minimum atomic E-state index is 0.107.